The number of hydrogen-bond donors (Lipinski definition) is 1. The van der Waals surface area contributed by atoms with Crippen LogP contribution in [0.2, 0.25) is 0 Å². The first-order valence-corrected chi connectivity index (χ1v) is 9.25. The Labute approximate surface area is 157 Å². The van der Waals surface area contributed by atoms with Crippen LogP contribution in [0.1, 0.15) is 12.8 Å². The molecule has 1 aliphatic rings. The summed E-state index contributed by atoms with van der Waals surface area (Å²) < 4.78 is 15.4. The molecule has 0 saturated carbocycles. The van der Waals surface area contributed by atoms with Gasteiger partial charge in [0.15, 0.2) is 0 Å². The molecule has 0 spiro atoms. The first kappa shape index (κ1) is 17.5. The quantitative estimate of drug-likeness (QED) is 0.753. The molecule has 3 aromatic rings. The smallest absolute Gasteiger partial charge is 0.225 e. The van der Waals surface area contributed by atoms with E-state index < -0.39 is 0 Å². The Morgan fingerprint density at radius 2 is 2.11 bits per heavy atom. The van der Waals surface area contributed by atoms with Gasteiger partial charge in [-0.1, -0.05) is 0 Å². The second kappa shape index (κ2) is 7.73. The van der Waals surface area contributed by atoms with Crippen molar-refractivity contribution < 1.29 is 9.18 Å². The molecule has 140 valence electrons. The van der Waals surface area contributed by atoms with Gasteiger partial charge in [-0.05, 0) is 48.6 Å². The summed E-state index contributed by atoms with van der Waals surface area (Å²) in [5.74, 6) is 0.410. The summed E-state index contributed by atoms with van der Waals surface area (Å²) in [6, 6.07) is 8.49. The van der Waals surface area contributed by atoms with Crippen molar-refractivity contribution in [1.82, 2.24) is 19.9 Å². The van der Waals surface area contributed by atoms with Crippen molar-refractivity contribution in [2.75, 3.05) is 24.5 Å². The Balaban J connectivity index is 1.33. The Morgan fingerprint density at radius 3 is 2.96 bits per heavy atom. The predicted octanol–water partition coefficient (Wildman–Crippen LogP) is 2.60. The summed E-state index contributed by atoms with van der Waals surface area (Å²) >= 11 is 0. The molecule has 1 N–H and O–H groups in total. The van der Waals surface area contributed by atoms with Crippen LogP contribution in [-0.4, -0.2) is 40.1 Å². The van der Waals surface area contributed by atoms with Gasteiger partial charge in [-0.2, -0.15) is 0 Å². The number of piperidine rings is 1. The van der Waals surface area contributed by atoms with Crippen LogP contribution in [0.3, 0.4) is 0 Å². The predicted molar refractivity (Wildman–Crippen MR) is 102 cm³/mol. The Morgan fingerprint density at radius 1 is 1.26 bits per heavy atom. The highest BCUT2D eigenvalue weighted by atomic mass is 19.1. The molecular formula is C20H22FN5O. The van der Waals surface area contributed by atoms with Crippen LogP contribution in [0.25, 0.3) is 10.9 Å². The van der Waals surface area contributed by atoms with Crippen molar-refractivity contribution >= 4 is 22.8 Å². The van der Waals surface area contributed by atoms with Gasteiger partial charge >= 0.3 is 0 Å². The number of nitrogens with one attached hydrogen (secondary N) is 1. The van der Waals surface area contributed by atoms with E-state index in [1.165, 1.54) is 12.1 Å². The zero-order valence-electron chi connectivity index (χ0n) is 15.0. The summed E-state index contributed by atoms with van der Waals surface area (Å²) in [4.78, 5) is 23.2. The van der Waals surface area contributed by atoms with Gasteiger partial charge < -0.3 is 14.8 Å². The molecule has 3 heterocycles. The van der Waals surface area contributed by atoms with Gasteiger partial charge in [0.2, 0.25) is 11.9 Å². The van der Waals surface area contributed by atoms with E-state index in [1.807, 2.05) is 16.8 Å². The van der Waals surface area contributed by atoms with Gasteiger partial charge in [-0.15, -0.1) is 0 Å². The summed E-state index contributed by atoms with van der Waals surface area (Å²) in [5, 5.41) is 4.01. The fraction of sp³-hybridized carbons (Fsp3) is 0.350. The Hall–Kier alpha value is -2.96. The third kappa shape index (κ3) is 3.92. The average molecular weight is 367 g/mol. The van der Waals surface area contributed by atoms with Crippen molar-refractivity contribution in [2.24, 2.45) is 5.92 Å². The van der Waals surface area contributed by atoms with Crippen molar-refractivity contribution in [3.63, 3.8) is 0 Å². The molecule has 1 aliphatic heterocycles. The van der Waals surface area contributed by atoms with Crippen LogP contribution in [0.4, 0.5) is 10.3 Å². The zero-order valence-corrected chi connectivity index (χ0v) is 15.0. The highest BCUT2D eigenvalue weighted by Gasteiger charge is 2.26. The topological polar surface area (TPSA) is 63.1 Å². The molecule has 6 nitrogen and oxygen atoms in total. The van der Waals surface area contributed by atoms with Crippen molar-refractivity contribution in [1.29, 1.82) is 0 Å². The maximum atomic E-state index is 13.5. The van der Waals surface area contributed by atoms with Gasteiger partial charge in [-0.3, -0.25) is 4.79 Å². The van der Waals surface area contributed by atoms with E-state index >= 15 is 0 Å². The third-order valence-electron chi connectivity index (χ3n) is 5.02. The lowest BCUT2D eigenvalue weighted by Gasteiger charge is -2.31. The first-order chi connectivity index (χ1) is 13.2. The molecule has 1 amide bonds. The van der Waals surface area contributed by atoms with Crippen LogP contribution < -0.4 is 10.2 Å². The summed E-state index contributed by atoms with van der Waals surface area (Å²) in [6.45, 7) is 2.62. The lowest BCUT2D eigenvalue weighted by atomic mass is 9.97. The number of nitrogens with zero attached hydrogens (tertiary/aromatic N) is 4. The van der Waals surface area contributed by atoms with Crippen molar-refractivity contribution in [3.8, 4) is 0 Å². The number of anilines is 1. The molecule has 0 radical (unpaired) electrons. The summed E-state index contributed by atoms with van der Waals surface area (Å²) in [5.41, 5.74) is 0.842. The van der Waals surface area contributed by atoms with Crippen LogP contribution in [0, 0.1) is 11.7 Å². The number of amides is 1. The molecule has 0 unspecified atom stereocenters. The molecule has 7 heteroatoms. The summed E-state index contributed by atoms with van der Waals surface area (Å²) in [7, 11) is 0. The first-order valence-electron chi connectivity index (χ1n) is 9.25. The second-order valence-corrected chi connectivity index (χ2v) is 6.84. The zero-order chi connectivity index (χ0) is 18.6. The highest BCUT2D eigenvalue weighted by Crippen LogP contribution is 2.20. The second-order valence-electron chi connectivity index (χ2n) is 6.84. The number of halogens is 1. The maximum Gasteiger partial charge on any atom is 0.225 e. The van der Waals surface area contributed by atoms with Gasteiger partial charge in [-0.25, -0.2) is 14.4 Å². The number of carbonyl (C=O) groups is 1. The fourth-order valence-electron chi connectivity index (χ4n) is 3.62. The molecule has 1 fully saturated rings. The van der Waals surface area contributed by atoms with Gasteiger partial charge in [0.1, 0.15) is 5.82 Å². The molecule has 1 atom stereocenters. The van der Waals surface area contributed by atoms with E-state index in [1.54, 1.807) is 24.5 Å². The fourth-order valence-corrected chi connectivity index (χ4v) is 3.62. The standard InChI is InChI=1S/C20H22FN5O/c21-17-5-4-15-6-11-25(18(15)13-17)12-9-22-19(27)16-3-1-10-26(14-16)20-23-7-2-8-24-20/h2,4-8,11,13,16H,1,3,9-10,12,14H2,(H,22,27)/t16-/m1/s1. The van der Waals surface area contributed by atoms with Crippen molar-refractivity contribution in [2.45, 2.75) is 19.4 Å². The number of fused-ring (bicyclic) bond motifs is 1. The van der Waals surface area contributed by atoms with E-state index in [-0.39, 0.29) is 17.6 Å². The number of aromatic nitrogens is 3. The van der Waals surface area contributed by atoms with E-state index in [0.29, 0.717) is 25.6 Å². The van der Waals surface area contributed by atoms with Crippen LogP contribution >= 0.6 is 0 Å². The van der Waals surface area contributed by atoms with Crippen molar-refractivity contribution in [3.05, 3.63) is 54.7 Å². The Bertz CT molecular complexity index is 927. The molecule has 4 rings (SSSR count). The minimum absolute atomic E-state index is 0.0540. The largest absolute Gasteiger partial charge is 0.354 e. The van der Waals surface area contributed by atoms with Gasteiger partial charge in [0.25, 0.3) is 0 Å². The minimum atomic E-state index is -0.253. The van der Waals surface area contributed by atoms with Gasteiger partial charge in [0.05, 0.1) is 11.4 Å². The molecule has 0 bridgehead atoms. The molecular weight excluding hydrogens is 345 g/mol. The molecule has 2 aromatic heterocycles. The molecule has 27 heavy (non-hydrogen) atoms. The minimum Gasteiger partial charge on any atom is -0.354 e. The van der Waals surface area contributed by atoms with Gasteiger partial charge in [0, 0.05) is 44.8 Å². The van der Waals surface area contributed by atoms with Crippen LogP contribution in [0.5, 0.6) is 0 Å². The number of carbonyl (C=O) groups excluding carboxylic acids is 1. The summed E-state index contributed by atoms with van der Waals surface area (Å²) in [6.07, 6.45) is 7.17. The maximum absolute atomic E-state index is 13.5. The average Bonchev–Trinajstić information content (AvgIpc) is 3.11. The monoisotopic (exact) mass is 367 g/mol. The molecule has 0 aliphatic carbocycles. The molecule has 1 aromatic carbocycles. The van der Waals surface area contributed by atoms with E-state index in [2.05, 4.69) is 20.2 Å². The Kier molecular flexibility index (Phi) is 5.00. The van der Waals surface area contributed by atoms with E-state index in [0.717, 1.165) is 30.3 Å². The van der Waals surface area contributed by atoms with E-state index in [9.17, 15) is 9.18 Å². The normalized spacial score (nSPS) is 17.2. The van der Waals surface area contributed by atoms with Crippen LogP contribution in [0.15, 0.2) is 48.9 Å². The lowest BCUT2D eigenvalue weighted by Crippen LogP contribution is -2.44. The highest BCUT2D eigenvalue weighted by molar-refractivity contribution is 5.80. The third-order valence-corrected chi connectivity index (χ3v) is 5.02. The van der Waals surface area contributed by atoms with Crippen LogP contribution in [-0.2, 0) is 11.3 Å². The lowest BCUT2D eigenvalue weighted by molar-refractivity contribution is -0.125. The molecule has 1 saturated heterocycles. The number of rotatable bonds is 5. The number of hydrogen-bond acceptors (Lipinski definition) is 4. The number of benzene rings is 1. The SMILES string of the molecule is O=C(NCCn1ccc2ccc(F)cc21)[C@@H]1CCCN(c2ncccn2)C1. The van der Waals surface area contributed by atoms with E-state index in [4.69, 9.17) is 0 Å².